The number of nitrogens with zero attached hydrogens (tertiary/aromatic N) is 4. The number of nitrogens with one attached hydrogen (secondary N) is 1. The van der Waals surface area contributed by atoms with Gasteiger partial charge in [0.1, 0.15) is 13.2 Å². The van der Waals surface area contributed by atoms with Gasteiger partial charge in [-0.1, -0.05) is 30.3 Å². The van der Waals surface area contributed by atoms with E-state index in [0.29, 0.717) is 45.0 Å². The molecule has 2 aromatic carbocycles. The Morgan fingerprint density at radius 3 is 1.60 bits per heavy atom. The predicted molar refractivity (Wildman–Crippen MR) is 189 cm³/mol. The number of ether oxygens (including phenoxy) is 2. The quantitative estimate of drug-likeness (QED) is 0.0614. The van der Waals surface area contributed by atoms with Gasteiger partial charge in [-0.15, -0.1) is 0 Å². The van der Waals surface area contributed by atoms with E-state index in [0.717, 1.165) is 5.56 Å². The fraction of sp³-hybridized carbons (Fsp3) is 0.528. The second kappa shape index (κ2) is 23.3. The lowest BCUT2D eigenvalue weighted by atomic mass is 10.1. The van der Waals surface area contributed by atoms with Crippen LogP contribution in [0.4, 0.5) is 5.69 Å². The molecule has 0 fully saturated rings. The molecule has 0 aliphatic carbocycles. The Balaban J connectivity index is 1.53. The van der Waals surface area contributed by atoms with Crippen LogP contribution < -0.4 is 5.32 Å². The van der Waals surface area contributed by atoms with Crippen LogP contribution in [-0.2, 0) is 30.4 Å². The second-order valence-corrected chi connectivity index (χ2v) is 12.1. The molecule has 0 saturated carbocycles. The standard InChI is InChI=1S/C36H51N5O11/c42-20-14-38(15-21-43)12-9-33(47)51-24-18-40(19-25-52-34(48)10-13-39(16-22-44)17-23-45)11-8-32(46)37-29-6-7-30-31(26-29)36(50)41(35(30)49)27-28-4-2-1-3-5-28/h1-7,26,42-45H,8-25,27H2,(H,37,46). The molecule has 1 aliphatic heterocycles. The van der Waals surface area contributed by atoms with Crippen LogP contribution in [-0.4, -0.2) is 168 Å². The Labute approximate surface area is 303 Å². The molecule has 16 heteroatoms. The molecule has 5 N–H and O–H groups in total. The first-order valence-corrected chi connectivity index (χ1v) is 17.4. The van der Waals surface area contributed by atoms with Crippen molar-refractivity contribution in [3.63, 3.8) is 0 Å². The molecular formula is C36H51N5O11. The number of rotatable bonds is 26. The highest BCUT2D eigenvalue weighted by Crippen LogP contribution is 2.27. The monoisotopic (exact) mass is 729 g/mol. The number of aliphatic hydroxyl groups excluding tert-OH is 4. The number of imide groups is 1. The molecule has 2 aromatic rings. The van der Waals surface area contributed by atoms with Crippen molar-refractivity contribution in [3.8, 4) is 0 Å². The zero-order valence-electron chi connectivity index (χ0n) is 29.5. The van der Waals surface area contributed by atoms with Gasteiger partial charge in [0.15, 0.2) is 0 Å². The van der Waals surface area contributed by atoms with Crippen LogP contribution >= 0.6 is 0 Å². The van der Waals surface area contributed by atoms with Crippen molar-refractivity contribution in [1.82, 2.24) is 19.6 Å². The highest BCUT2D eigenvalue weighted by Gasteiger charge is 2.35. The lowest BCUT2D eigenvalue weighted by Crippen LogP contribution is -2.35. The molecule has 0 unspecified atom stereocenters. The van der Waals surface area contributed by atoms with E-state index >= 15 is 0 Å². The van der Waals surface area contributed by atoms with Crippen molar-refractivity contribution in [2.24, 2.45) is 0 Å². The summed E-state index contributed by atoms with van der Waals surface area (Å²) in [4.78, 5) is 70.2. The van der Waals surface area contributed by atoms with Crippen LogP contribution in [0.5, 0.6) is 0 Å². The summed E-state index contributed by atoms with van der Waals surface area (Å²) in [6, 6.07) is 13.7. The Morgan fingerprint density at radius 2 is 1.08 bits per heavy atom. The molecule has 1 aliphatic rings. The molecule has 16 nitrogen and oxygen atoms in total. The maximum Gasteiger partial charge on any atom is 0.307 e. The fourth-order valence-electron chi connectivity index (χ4n) is 5.55. The molecule has 1 heterocycles. The van der Waals surface area contributed by atoms with Crippen molar-refractivity contribution < 1.29 is 53.9 Å². The van der Waals surface area contributed by atoms with E-state index in [-0.39, 0.29) is 102 Å². The van der Waals surface area contributed by atoms with Crippen LogP contribution in [0.2, 0.25) is 0 Å². The Bertz CT molecular complexity index is 1400. The molecule has 286 valence electrons. The first-order chi connectivity index (χ1) is 25.2. The highest BCUT2D eigenvalue weighted by atomic mass is 16.5. The number of fused-ring (bicyclic) bond motifs is 1. The third-order valence-electron chi connectivity index (χ3n) is 8.36. The topological polar surface area (TPSA) is 210 Å². The van der Waals surface area contributed by atoms with Gasteiger partial charge >= 0.3 is 11.9 Å². The predicted octanol–water partition coefficient (Wildman–Crippen LogP) is -0.447. The van der Waals surface area contributed by atoms with Crippen molar-refractivity contribution >= 4 is 35.3 Å². The SMILES string of the molecule is O=C(CCN(CCOC(=O)CCN(CCO)CCO)CCOC(=O)CCN(CCO)CCO)Nc1ccc2c(c1)C(=O)N(Cc1ccccc1)C2=O. The fourth-order valence-corrected chi connectivity index (χ4v) is 5.55. The van der Waals surface area contributed by atoms with E-state index in [4.69, 9.17) is 29.9 Å². The molecule has 3 rings (SSSR count). The van der Waals surface area contributed by atoms with Gasteiger partial charge in [-0.05, 0) is 23.8 Å². The molecular weight excluding hydrogens is 678 g/mol. The van der Waals surface area contributed by atoms with E-state index in [1.54, 1.807) is 20.8 Å². The normalized spacial score (nSPS) is 12.6. The smallest absolute Gasteiger partial charge is 0.307 e. The van der Waals surface area contributed by atoms with Gasteiger partial charge in [0.25, 0.3) is 11.8 Å². The van der Waals surface area contributed by atoms with Crippen molar-refractivity contribution in [1.29, 1.82) is 0 Å². The summed E-state index contributed by atoms with van der Waals surface area (Å²) >= 11 is 0. The summed E-state index contributed by atoms with van der Waals surface area (Å²) in [5, 5.41) is 39.4. The highest BCUT2D eigenvalue weighted by molar-refractivity contribution is 6.21. The van der Waals surface area contributed by atoms with E-state index in [9.17, 15) is 24.0 Å². The minimum Gasteiger partial charge on any atom is -0.464 e. The summed E-state index contributed by atoms with van der Waals surface area (Å²) in [5.74, 6) is -2.14. The van der Waals surface area contributed by atoms with Crippen LogP contribution in [0.1, 0.15) is 45.5 Å². The Morgan fingerprint density at radius 1 is 0.596 bits per heavy atom. The number of amides is 3. The zero-order chi connectivity index (χ0) is 37.7. The number of hydrogen-bond donors (Lipinski definition) is 5. The third-order valence-corrected chi connectivity index (χ3v) is 8.36. The second-order valence-electron chi connectivity index (χ2n) is 12.1. The lowest BCUT2D eigenvalue weighted by molar-refractivity contribution is -0.145. The lowest BCUT2D eigenvalue weighted by Gasteiger charge is -2.23. The summed E-state index contributed by atoms with van der Waals surface area (Å²) in [7, 11) is 0. The average Bonchev–Trinajstić information content (AvgIpc) is 3.36. The number of carbonyl (C=O) groups is 5. The summed E-state index contributed by atoms with van der Waals surface area (Å²) in [6.45, 7) is 2.28. The zero-order valence-corrected chi connectivity index (χ0v) is 29.5. The van der Waals surface area contributed by atoms with Crippen LogP contribution in [0.3, 0.4) is 0 Å². The van der Waals surface area contributed by atoms with Gasteiger partial charge in [0, 0.05) is 71.0 Å². The van der Waals surface area contributed by atoms with Gasteiger partial charge in [0.2, 0.25) is 5.91 Å². The number of hydrogen-bond acceptors (Lipinski definition) is 14. The van der Waals surface area contributed by atoms with Crippen LogP contribution in [0.25, 0.3) is 0 Å². The van der Waals surface area contributed by atoms with E-state index in [1.165, 1.54) is 17.0 Å². The number of esters is 2. The van der Waals surface area contributed by atoms with Gasteiger partial charge in [-0.2, -0.15) is 0 Å². The number of benzene rings is 2. The van der Waals surface area contributed by atoms with Gasteiger partial charge in [-0.3, -0.25) is 43.6 Å². The average molecular weight is 730 g/mol. The molecule has 0 bridgehead atoms. The summed E-state index contributed by atoms with van der Waals surface area (Å²) in [5.41, 5.74) is 1.63. The molecule has 52 heavy (non-hydrogen) atoms. The van der Waals surface area contributed by atoms with Crippen LogP contribution in [0.15, 0.2) is 48.5 Å². The summed E-state index contributed by atoms with van der Waals surface area (Å²) < 4.78 is 10.8. The molecule has 0 aromatic heterocycles. The summed E-state index contributed by atoms with van der Waals surface area (Å²) in [6.07, 6.45) is 0.130. The Kier molecular flexibility index (Phi) is 18.9. The van der Waals surface area contributed by atoms with E-state index in [1.807, 2.05) is 30.3 Å². The number of carbonyl (C=O) groups excluding carboxylic acids is 5. The van der Waals surface area contributed by atoms with Crippen molar-refractivity contribution in [2.45, 2.75) is 25.8 Å². The van der Waals surface area contributed by atoms with Crippen LogP contribution in [0, 0.1) is 0 Å². The van der Waals surface area contributed by atoms with E-state index < -0.39 is 23.8 Å². The van der Waals surface area contributed by atoms with Crippen molar-refractivity contribution in [3.05, 3.63) is 65.2 Å². The molecule has 0 spiro atoms. The largest absolute Gasteiger partial charge is 0.464 e. The Hall–Kier alpha value is -4.29. The minimum atomic E-state index is -0.465. The van der Waals surface area contributed by atoms with Gasteiger partial charge in [-0.25, -0.2) is 0 Å². The first kappa shape index (κ1) is 42.1. The molecule has 3 amide bonds. The number of aliphatic hydroxyl groups is 4. The van der Waals surface area contributed by atoms with E-state index in [2.05, 4.69) is 5.32 Å². The maximum absolute atomic E-state index is 13.1. The molecule has 0 atom stereocenters. The van der Waals surface area contributed by atoms with Crippen molar-refractivity contribution in [2.75, 3.05) is 104 Å². The van der Waals surface area contributed by atoms with Gasteiger partial charge in [0.05, 0.1) is 56.9 Å². The van der Waals surface area contributed by atoms with Gasteiger partial charge < -0.3 is 35.2 Å². The molecule has 0 saturated heterocycles. The molecule has 0 radical (unpaired) electrons. The third kappa shape index (κ3) is 14.4. The number of anilines is 1. The maximum atomic E-state index is 13.1. The minimum absolute atomic E-state index is 0.00607. The first-order valence-electron chi connectivity index (χ1n) is 17.4.